The molecule has 0 atom stereocenters. The first-order valence-corrected chi connectivity index (χ1v) is 24.4. The van der Waals surface area contributed by atoms with E-state index in [9.17, 15) is 14.4 Å². The zero-order valence-electron chi connectivity index (χ0n) is 53.3. The second-order valence-electron chi connectivity index (χ2n) is 10.3. The molecule has 0 aromatic heterocycles. The number of methoxy groups -OCH3 is 3. The largest absolute Gasteiger partial charge is 2.00 e. The van der Waals surface area contributed by atoms with Crippen molar-refractivity contribution in [3.05, 3.63) is 186 Å². The Morgan fingerprint density at radius 2 is 0.575 bits per heavy atom. The molecule has 0 saturated carbocycles. The molecular formula is C63H120O6W4-2. The summed E-state index contributed by atoms with van der Waals surface area (Å²) in [6, 6.07) is 41.4. The van der Waals surface area contributed by atoms with Gasteiger partial charge in [-0.3, -0.25) is 27.2 Å². The van der Waals surface area contributed by atoms with Gasteiger partial charge in [0.15, 0.2) is 11.9 Å². The van der Waals surface area contributed by atoms with Crippen molar-refractivity contribution in [3.63, 3.8) is 0 Å². The average Bonchev–Trinajstić information content (AvgIpc) is 3.42. The minimum atomic E-state index is -0.282. The fourth-order valence-electron chi connectivity index (χ4n) is 2.97. The third kappa shape index (κ3) is 140. The minimum absolute atomic E-state index is 0. The number of rotatable bonds is 5. The fraction of sp³-hybridized carbons (Fsp3) is 0.476. The molecule has 10 heteroatoms. The Hall–Kier alpha value is -2.22. The summed E-state index contributed by atoms with van der Waals surface area (Å²) < 4.78 is 12.8. The molecule has 4 aromatic carbocycles. The monoisotopic (exact) mass is 1710 g/mol. The maximum absolute atomic E-state index is 10.3. The van der Waals surface area contributed by atoms with Gasteiger partial charge in [-0.1, -0.05) is 271 Å². The van der Waals surface area contributed by atoms with Gasteiger partial charge < -0.3 is 43.9 Å². The Morgan fingerprint density at radius 1 is 0.397 bits per heavy atom. The van der Waals surface area contributed by atoms with E-state index in [-0.39, 0.29) is 138 Å². The second-order valence-corrected chi connectivity index (χ2v) is 10.3. The van der Waals surface area contributed by atoms with Gasteiger partial charge >= 0.3 is 48.1 Å². The molecule has 0 amide bonds. The van der Waals surface area contributed by atoms with Crippen molar-refractivity contribution >= 4 is 17.9 Å². The van der Waals surface area contributed by atoms with Crippen LogP contribution in [0.4, 0.5) is 0 Å². The third-order valence-corrected chi connectivity index (χ3v) is 5.93. The smallest absolute Gasteiger partial charge is 0.491 e. The molecule has 0 spiro atoms. The summed E-state index contributed by atoms with van der Waals surface area (Å²) in [5, 5.41) is 0. The second kappa shape index (κ2) is 139. The van der Waals surface area contributed by atoms with Crippen molar-refractivity contribution in [2.75, 3.05) is 21.3 Å². The maximum atomic E-state index is 10.3. The molecule has 4 aromatic rings. The van der Waals surface area contributed by atoms with E-state index in [1.807, 2.05) is 159 Å². The number of hydrogen-bond donors (Lipinski definition) is 0. The van der Waals surface area contributed by atoms with Crippen molar-refractivity contribution in [2.24, 2.45) is 5.92 Å². The molecule has 0 aliphatic heterocycles. The molecule has 434 valence electrons. The van der Waals surface area contributed by atoms with Crippen LogP contribution in [0.5, 0.6) is 0 Å². The summed E-state index contributed by atoms with van der Waals surface area (Å²) in [5.41, 5.74) is 5.46. The number of benzene rings is 4. The van der Waals surface area contributed by atoms with Crippen LogP contribution in [-0.4, -0.2) is 39.2 Å². The molecule has 0 aliphatic rings. The van der Waals surface area contributed by atoms with Gasteiger partial charge in [0.25, 0.3) is 0 Å². The third-order valence-electron chi connectivity index (χ3n) is 5.93. The van der Waals surface area contributed by atoms with Gasteiger partial charge in [0.05, 0.1) is 27.2 Å². The summed E-state index contributed by atoms with van der Waals surface area (Å²) in [7, 11) is 4.09. The molecule has 0 aliphatic carbocycles. The van der Waals surface area contributed by atoms with Gasteiger partial charge in [-0.2, -0.15) is 13.8 Å². The van der Waals surface area contributed by atoms with Crippen LogP contribution < -0.4 is 0 Å². The minimum Gasteiger partial charge on any atom is -0.491 e. The predicted octanol–water partition coefficient (Wildman–Crippen LogP) is 20.1. The van der Waals surface area contributed by atoms with Gasteiger partial charge in [-0.25, -0.2) is 0 Å². The van der Waals surface area contributed by atoms with Crippen LogP contribution in [0, 0.1) is 62.3 Å². The quantitative estimate of drug-likeness (QED) is 0.113. The van der Waals surface area contributed by atoms with Crippen LogP contribution in [0.3, 0.4) is 0 Å². The summed E-state index contributed by atoms with van der Waals surface area (Å²) in [6.07, 6.45) is 5.00. The van der Waals surface area contributed by atoms with E-state index in [0.29, 0.717) is 0 Å². The van der Waals surface area contributed by atoms with Crippen LogP contribution in [0.25, 0.3) is 0 Å². The standard InChI is InChI=1S/2C8H10.2C7H8.C5H10O2.2C4H7O2.8C2H6.4CH3.4W/c2*1-2-8-6-4-3-5-7-8;2*1-7-5-3-2-4-6-7;1-4(2)5(6)7-3;2*1-3-4(5)6-2;8*1-2;;;;;;;;/h2*3-7H,2H2,1H3;2*2-6H,1H3;4H,1-3H3;2*3H,1-2H3;8*1-2H3;4*1H3;;;;/q;;;;;2*-1;;;;;;;;;4*-1;;;2*+2. The van der Waals surface area contributed by atoms with E-state index in [1.165, 1.54) is 56.4 Å². The van der Waals surface area contributed by atoms with Crippen molar-refractivity contribution in [1.29, 1.82) is 0 Å². The van der Waals surface area contributed by atoms with E-state index in [0.717, 1.165) is 12.8 Å². The number of ether oxygens (including phenoxy) is 3. The van der Waals surface area contributed by atoms with Gasteiger partial charge in [-0.05, 0) is 37.8 Å². The zero-order chi connectivity index (χ0) is 53.7. The summed E-state index contributed by atoms with van der Waals surface area (Å²) in [4.78, 5) is 30.1. The van der Waals surface area contributed by atoms with Crippen LogP contribution in [-0.2, 0) is 126 Å². The van der Waals surface area contributed by atoms with Crippen LogP contribution in [0.15, 0.2) is 121 Å². The van der Waals surface area contributed by atoms with Crippen molar-refractivity contribution in [1.82, 2.24) is 0 Å². The van der Waals surface area contributed by atoms with E-state index >= 15 is 0 Å². The van der Waals surface area contributed by atoms with Crippen molar-refractivity contribution in [2.45, 2.75) is 179 Å². The maximum Gasteiger partial charge on any atom is 2.00 e. The Balaban J connectivity index is -0.0000000258. The molecule has 0 saturated heterocycles. The van der Waals surface area contributed by atoms with Crippen LogP contribution in [0.1, 0.15) is 175 Å². The van der Waals surface area contributed by atoms with Crippen molar-refractivity contribution < 1.29 is 113 Å². The first-order valence-electron chi connectivity index (χ1n) is 24.4. The van der Waals surface area contributed by atoms with E-state index in [4.69, 9.17) is 0 Å². The van der Waals surface area contributed by atoms with E-state index < -0.39 is 0 Å². The van der Waals surface area contributed by atoms with Crippen LogP contribution >= 0.6 is 0 Å². The Bertz CT molecular complexity index is 1200. The molecule has 0 unspecified atom stereocenters. The number of carbonyl (C=O) groups excluding carboxylic acids is 3. The summed E-state index contributed by atoms with van der Waals surface area (Å²) in [5.74, 6) is -0.713. The molecular weight excluding hydrogens is 1590 g/mol. The van der Waals surface area contributed by atoms with Gasteiger partial charge in [0.2, 0.25) is 0 Å². The number of carbonyl (C=O) groups is 3. The average molecular weight is 1710 g/mol. The fourth-order valence-corrected chi connectivity index (χ4v) is 2.97. The molecule has 0 radical (unpaired) electrons. The molecule has 0 bridgehead atoms. The topological polar surface area (TPSA) is 78.9 Å². The molecule has 4 rings (SSSR count). The molecule has 0 fully saturated rings. The Kier molecular flexibility index (Phi) is 244. The first kappa shape index (κ1) is 129. The summed E-state index contributed by atoms with van der Waals surface area (Å²) in [6.45, 7) is 47.3. The number of aryl methyl sites for hydroxylation is 4. The summed E-state index contributed by atoms with van der Waals surface area (Å²) >= 11 is 0. The molecule has 0 heterocycles. The normalized spacial score (nSPS) is 6.36. The number of hydrogen-bond acceptors (Lipinski definition) is 6. The first-order chi connectivity index (χ1) is 31.4. The predicted molar refractivity (Wildman–Crippen MR) is 321 cm³/mol. The molecule has 6 nitrogen and oxygen atoms in total. The zero-order valence-corrected chi connectivity index (χ0v) is 65.0. The molecule has 0 N–H and O–H groups in total. The van der Waals surface area contributed by atoms with E-state index in [1.54, 1.807) is 27.7 Å². The Morgan fingerprint density at radius 3 is 0.630 bits per heavy atom. The van der Waals surface area contributed by atoms with Crippen molar-refractivity contribution in [3.8, 4) is 0 Å². The van der Waals surface area contributed by atoms with Gasteiger partial charge in [0, 0.05) is 42.1 Å². The Labute approximate surface area is 518 Å². The van der Waals surface area contributed by atoms with Gasteiger partial charge in [0.1, 0.15) is 0 Å². The molecule has 73 heavy (non-hydrogen) atoms. The number of esters is 3. The van der Waals surface area contributed by atoms with E-state index in [2.05, 4.69) is 115 Å². The van der Waals surface area contributed by atoms with Crippen LogP contribution in [0.2, 0.25) is 0 Å². The SMILES string of the molecule is CC.CC.CC.CC.CC.CC.CC.CC.CCc1ccccc1.CCc1ccccc1.COC(=O)C(C)C.C[CH-]C(=O)OC.C[CH-]C(=O)OC.Cc1ccccc1.Cc1ccccc1.[CH3-].[CH3-].[CH3-].[CH3-].[W+2].[W+2].[W].[W]. The van der Waals surface area contributed by atoms with Gasteiger partial charge in [-0.15, -0.1) is 0 Å².